The summed E-state index contributed by atoms with van der Waals surface area (Å²) >= 11 is 5.72. The molecule has 1 heterocycles. The van der Waals surface area contributed by atoms with Gasteiger partial charge in [0, 0.05) is 16.8 Å². The van der Waals surface area contributed by atoms with E-state index in [-0.39, 0.29) is 39.4 Å². The maximum absolute atomic E-state index is 14.3. The molecule has 4 rings (SSSR count). The molecule has 0 bridgehead atoms. The fourth-order valence-electron chi connectivity index (χ4n) is 3.11. The SMILES string of the molecule is C#Cc1cc(F)c2nc(-c3cc(F)cc(NC(=O)c4ccc(F)c(F)c4Cl)c3C)oc2c1. The van der Waals surface area contributed by atoms with Crippen molar-refractivity contribution in [3.63, 3.8) is 0 Å². The number of carbonyl (C=O) groups is 1. The number of halogens is 5. The molecule has 0 spiro atoms. The van der Waals surface area contributed by atoms with E-state index >= 15 is 0 Å². The molecule has 1 aromatic heterocycles. The largest absolute Gasteiger partial charge is 0.436 e. The predicted octanol–water partition coefficient (Wildman–Crippen LogP) is 6.25. The molecular weight excluding hydrogens is 448 g/mol. The molecule has 0 radical (unpaired) electrons. The number of aromatic nitrogens is 1. The summed E-state index contributed by atoms with van der Waals surface area (Å²) in [6.45, 7) is 1.54. The highest BCUT2D eigenvalue weighted by molar-refractivity contribution is 6.34. The van der Waals surface area contributed by atoms with Gasteiger partial charge in [0.25, 0.3) is 5.91 Å². The second-order valence-corrected chi connectivity index (χ2v) is 7.15. The summed E-state index contributed by atoms with van der Waals surface area (Å²) in [4.78, 5) is 16.6. The van der Waals surface area contributed by atoms with E-state index in [2.05, 4.69) is 16.2 Å². The van der Waals surface area contributed by atoms with E-state index in [1.165, 1.54) is 13.0 Å². The predicted molar refractivity (Wildman–Crippen MR) is 111 cm³/mol. The molecule has 4 nitrogen and oxygen atoms in total. The van der Waals surface area contributed by atoms with E-state index in [0.29, 0.717) is 5.56 Å². The molecule has 0 saturated heterocycles. The van der Waals surface area contributed by atoms with Gasteiger partial charge in [0.2, 0.25) is 5.89 Å². The Hall–Kier alpha value is -3.83. The van der Waals surface area contributed by atoms with Gasteiger partial charge in [-0.15, -0.1) is 6.42 Å². The first kappa shape index (κ1) is 21.4. The lowest BCUT2D eigenvalue weighted by Gasteiger charge is -2.12. The Morgan fingerprint density at radius 1 is 1.12 bits per heavy atom. The van der Waals surface area contributed by atoms with Crippen LogP contribution in [-0.4, -0.2) is 10.9 Å². The summed E-state index contributed by atoms with van der Waals surface area (Å²) in [6.07, 6.45) is 5.29. The zero-order chi connectivity index (χ0) is 23.2. The molecule has 3 aromatic carbocycles. The molecule has 4 aromatic rings. The van der Waals surface area contributed by atoms with E-state index in [9.17, 15) is 22.4 Å². The number of nitrogens with one attached hydrogen (secondary N) is 1. The number of benzene rings is 3. The topological polar surface area (TPSA) is 55.1 Å². The first-order valence-electron chi connectivity index (χ1n) is 9.01. The average molecular weight is 459 g/mol. The Morgan fingerprint density at radius 2 is 1.88 bits per heavy atom. The van der Waals surface area contributed by atoms with Crippen LogP contribution in [0.2, 0.25) is 5.02 Å². The molecule has 1 N–H and O–H groups in total. The minimum absolute atomic E-state index is 0.00200. The Bertz CT molecular complexity index is 1460. The van der Waals surface area contributed by atoms with Crippen LogP contribution in [0.25, 0.3) is 22.6 Å². The van der Waals surface area contributed by atoms with Crippen LogP contribution in [0.3, 0.4) is 0 Å². The van der Waals surface area contributed by atoms with Crippen molar-refractivity contribution in [2.45, 2.75) is 6.92 Å². The number of anilines is 1. The fraction of sp³-hybridized carbons (Fsp3) is 0.0435. The van der Waals surface area contributed by atoms with Gasteiger partial charge in [-0.25, -0.2) is 22.5 Å². The number of carbonyl (C=O) groups excluding carboxylic acids is 1. The quantitative estimate of drug-likeness (QED) is 0.224. The molecule has 0 fully saturated rings. The minimum Gasteiger partial charge on any atom is -0.436 e. The van der Waals surface area contributed by atoms with Gasteiger partial charge in [-0.3, -0.25) is 4.79 Å². The van der Waals surface area contributed by atoms with Gasteiger partial charge in [0.05, 0.1) is 10.6 Å². The van der Waals surface area contributed by atoms with Gasteiger partial charge in [-0.05, 0) is 48.9 Å². The van der Waals surface area contributed by atoms with Crippen molar-refractivity contribution in [1.82, 2.24) is 4.98 Å². The molecule has 0 aliphatic carbocycles. The molecule has 32 heavy (non-hydrogen) atoms. The van der Waals surface area contributed by atoms with Crippen LogP contribution in [0, 0.1) is 42.5 Å². The second-order valence-electron chi connectivity index (χ2n) is 6.77. The normalized spacial score (nSPS) is 10.9. The van der Waals surface area contributed by atoms with Gasteiger partial charge in [0.15, 0.2) is 23.0 Å². The first-order valence-corrected chi connectivity index (χ1v) is 9.39. The molecular formula is C23H11ClF4N2O2. The fourth-order valence-corrected chi connectivity index (χ4v) is 3.35. The highest BCUT2D eigenvalue weighted by atomic mass is 35.5. The zero-order valence-electron chi connectivity index (χ0n) is 16.2. The Balaban J connectivity index is 1.76. The van der Waals surface area contributed by atoms with Crippen LogP contribution in [0.15, 0.2) is 40.8 Å². The average Bonchev–Trinajstić information content (AvgIpc) is 3.18. The molecule has 160 valence electrons. The highest BCUT2D eigenvalue weighted by Crippen LogP contribution is 2.33. The van der Waals surface area contributed by atoms with Crippen molar-refractivity contribution in [2.24, 2.45) is 0 Å². The number of nitrogens with zero attached hydrogens (tertiary/aromatic N) is 1. The maximum atomic E-state index is 14.3. The Morgan fingerprint density at radius 3 is 2.59 bits per heavy atom. The number of rotatable bonds is 3. The summed E-state index contributed by atoms with van der Waals surface area (Å²) < 4.78 is 61.1. The lowest BCUT2D eigenvalue weighted by atomic mass is 10.1. The summed E-state index contributed by atoms with van der Waals surface area (Å²) in [7, 11) is 0. The number of amides is 1. The van der Waals surface area contributed by atoms with Gasteiger partial charge in [0.1, 0.15) is 11.3 Å². The van der Waals surface area contributed by atoms with Gasteiger partial charge in [-0.1, -0.05) is 17.5 Å². The van der Waals surface area contributed by atoms with Crippen LogP contribution in [0.4, 0.5) is 23.2 Å². The highest BCUT2D eigenvalue weighted by Gasteiger charge is 2.21. The van der Waals surface area contributed by atoms with Crippen molar-refractivity contribution in [3.05, 3.63) is 81.4 Å². The van der Waals surface area contributed by atoms with E-state index < -0.39 is 34.2 Å². The molecule has 0 atom stereocenters. The number of hydrogen-bond donors (Lipinski definition) is 1. The summed E-state index contributed by atoms with van der Waals surface area (Å²) in [5.74, 6) is -2.77. The van der Waals surface area contributed by atoms with E-state index in [0.717, 1.165) is 30.3 Å². The van der Waals surface area contributed by atoms with Crippen LogP contribution in [0.1, 0.15) is 21.5 Å². The third kappa shape index (κ3) is 3.67. The number of terminal acetylenes is 1. The van der Waals surface area contributed by atoms with Crippen LogP contribution < -0.4 is 5.32 Å². The first-order chi connectivity index (χ1) is 15.2. The third-order valence-electron chi connectivity index (χ3n) is 4.75. The number of oxazole rings is 1. The van der Waals surface area contributed by atoms with Crippen molar-refractivity contribution < 1.29 is 26.8 Å². The lowest BCUT2D eigenvalue weighted by molar-refractivity contribution is 0.102. The maximum Gasteiger partial charge on any atom is 0.257 e. The zero-order valence-corrected chi connectivity index (χ0v) is 17.0. The molecule has 0 aliphatic heterocycles. The molecule has 0 unspecified atom stereocenters. The van der Waals surface area contributed by atoms with Crippen molar-refractivity contribution in [1.29, 1.82) is 0 Å². The smallest absolute Gasteiger partial charge is 0.257 e. The minimum atomic E-state index is -1.38. The summed E-state index contributed by atoms with van der Waals surface area (Å²) in [5.41, 5.74) is 0.319. The van der Waals surface area contributed by atoms with Gasteiger partial charge < -0.3 is 9.73 Å². The monoisotopic (exact) mass is 458 g/mol. The van der Waals surface area contributed by atoms with Crippen LogP contribution in [0.5, 0.6) is 0 Å². The third-order valence-corrected chi connectivity index (χ3v) is 5.12. The summed E-state index contributed by atoms with van der Waals surface area (Å²) in [6, 6.07) is 6.39. The molecule has 0 saturated carbocycles. The van der Waals surface area contributed by atoms with Gasteiger partial charge in [-0.2, -0.15) is 0 Å². The second kappa shape index (κ2) is 8.02. The van der Waals surface area contributed by atoms with Crippen LogP contribution >= 0.6 is 11.6 Å². The van der Waals surface area contributed by atoms with Crippen molar-refractivity contribution >= 4 is 34.3 Å². The molecule has 9 heteroatoms. The number of fused-ring (bicyclic) bond motifs is 1. The Kier molecular flexibility index (Phi) is 5.36. The molecule has 1 amide bonds. The van der Waals surface area contributed by atoms with Crippen molar-refractivity contribution in [3.8, 4) is 23.8 Å². The van der Waals surface area contributed by atoms with E-state index in [1.54, 1.807) is 0 Å². The van der Waals surface area contributed by atoms with Gasteiger partial charge >= 0.3 is 0 Å². The summed E-state index contributed by atoms with van der Waals surface area (Å²) in [5, 5.41) is 1.69. The van der Waals surface area contributed by atoms with E-state index in [4.69, 9.17) is 22.4 Å². The molecule has 0 aliphatic rings. The van der Waals surface area contributed by atoms with Crippen LogP contribution in [-0.2, 0) is 0 Å². The Labute approximate surface area is 183 Å². The number of hydrogen-bond acceptors (Lipinski definition) is 3. The standard InChI is InChI=1S/C23H11ClF4N2O2/c1-3-11-6-16(27)21-18(7-11)32-23(30-21)14-8-12(25)9-17(10(14)2)29-22(31)13-4-5-15(26)20(28)19(13)24/h1,4-9H,2H3,(H,29,31). The van der Waals surface area contributed by atoms with Crippen molar-refractivity contribution in [2.75, 3.05) is 5.32 Å². The van der Waals surface area contributed by atoms with E-state index in [1.807, 2.05) is 0 Å². The lowest BCUT2D eigenvalue weighted by Crippen LogP contribution is -2.14.